The lowest BCUT2D eigenvalue weighted by molar-refractivity contribution is 0.148. The highest BCUT2D eigenvalue weighted by Gasteiger charge is 2.35. The van der Waals surface area contributed by atoms with Gasteiger partial charge < -0.3 is 5.11 Å². The molecule has 0 bridgehead atoms. The van der Waals surface area contributed by atoms with E-state index in [2.05, 4.69) is 4.90 Å². The Morgan fingerprint density at radius 1 is 1.36 bits per heavy atom. The molecule has 1 aromatic rings. The third-order valence-corrected chi connectivity index (χ3v) is 6.36. The van der Waals surface area contributed by atoms with Crippen molar-refractivity contribution in [3.05, 3.63) is 34.3 Å². The molecule has 124 valence electrons. The summed E-state index contributed by atoms with van der Waals surface area (Å²) in [5.74, 6) is -0.267. The van der Waals surface area contributed by atoms with Crippen LogP contribution in [0.15, 0.2) is 18.2 Å². The fourth-order valence-corrected chi connectivity index (χ4v) is 4.12. The molecule has 0 saturated carbocycles. The van der Waals surface area contributed by atoms with Gasteiger partial charge in [0.2, 0.25) is 10.0 Å². The smallest absolute Gasteiger partial charge is 0.214 e. The number of sulfonamides is 1. The van der Waals surface area contributed by atoms with Crippen molar-refractivity contribution in [1.29, 1.82) is 0 Å². The first-order valence-corrected chi connectivity index (χ1v) is 9.23. The van der Waals surface area contributed by atoms with E-state index in [4.69, 9.17) is 11.6 Å². The maximum absolute atomic E-state index is 12.0. The molecule has 0 amide bonds. The molecule has 0 radical (unpaired) electrons. The second-order valence-corrected chi connectivity index (χ2v) is 8.82. The van der Waals surface area contributed by atoms with Crippen LogP contribution in [0.25, 0.3) is 0 Å². The minimum atomic E-state index is -3.30. The zero-order chi connectivity index (χ0) is 16.5. The molecule has 1 fully saturated rings. The van der Waals surface area contributed by atoms with E-state index in [1.54, 1.807) is 0 Å². The van der Waals surface area contributed by atoms with Crippen molar-refractivity contribution >= 4 is 21.6 Å². The Kier molecular flexibility index (Phi) is 5.50. The van der Waals surface area contributed by atoms with Gasteiger partial charge in [-0.25, -0.2) is 12.7 Å². The van der Waals surface area contributed by atoms with Crippen LogP contribution in [-0.2, 0) is 16.6 Å². The summed E-state index contributed by atoms with van der Waals surface area (Å²) in [5.41, 5.74) is 2.25. The van der Waals surface area contributed by atoms with Crippen molar-refractivity contribution in [1.82, 2.24) is 9.21 Å². The molecular formula is C15H23ClN2O3S. The van der Waals surface area contributed by atoms with Crippen molar-refractivity contribution in [2.75, 3.05) is 32.9 Å². The van der Waals surface area contributed by atoms with Gasteiger partial charge in [0.1, 0.15) is 0 Å². The number of hydrogen-bond acceptors (Lipinski definition) is 4. The number of likely N-dealkylation sites (tertiary alicyclic amines) is 1. The number of hydrogen-bond donors (Lipinski definition) is 1. The first-order chi connectivity index (χ1) is 10.2. The summed E-state index contributed by atoms with van der Waals surface area (Å²) < 4.78 is 25.2. The van der Waals surface area contributed by atoms with Crippen LogP contribution in [0.2, 0.25) is 5.02 Å². The molecule has 0 aromatic heterocycles. The number of halogens is 1. The minimum Gasteiger partial charge on any atom is -0.391 e. The average molecular weight is 347 g/mol. The summed E-state index contributed by atoms with van der Waals surface area (Å²) in [4.78, 5) is 2.09. The molecule has 7 heteroatoms. The molecular weight excluding hydrogens is 324 g/mol. The van der Waals surface area contributed by atoms with E-state index in [0.717, 1.165) is 11.1 Å². The number of aliphatic hydroxyl groups excluding tert-OH is 1. The lowest BCUT2D eigenvalue weighted by Gasteiger charge is -2.18. The summed E-state index contributed by atoms with van der Waals surface area (Å²) in [7, 11) is -0.257. The third kappa shape index (κ3) is 4.20. The van der Waals surface area contributed by atoms with E-state index in [1.807, 2.05) is 25.1 Å². The van der Waals surface area contributed by atoms with Gasteiger partial charge in [0.15, 0.2) is 0 Å². The molecule has 5 nitrogen and oxygen atoms in total. The van der Waals surface area contributed by atoms with Gasteiger partial charge in [-0.05, 0) is 30.2 Å². The van der Waals surface area contributed by atoms with Crippen LogP contribution in [0, 0.1) is 12.8 Å². The highest BCUT2D eigenvalue weighted by atomic mass is 35.5. The lowest BCUT2D eigenvalue weighted by atomic mass is 10.1. The first-order valence-electron chi connectivity index (χ1n) is 7.24. The number of aliphatic hydroxyl groups is 1. The number of benzene rings is 1. The van der Waals surface area contributed by atoms with Crippen molar-refractivity contribution < 1.29 is 13.5 Å². The maximum atomic E-state index is 12.0. The van der Waals surface area contributed by atoms with Gasteiger partial charge in [0.25, 0.3) is 0 Å². The molecule has 1 aliphatic rings. The van der Waals surface area contributed by atoms with E-state index >= 15 is 0 Å². The van der Waals surface area contributed by atoms with E-state index in [9.17, 15) is 13.5 Å². The Labute approximate surface area is 137 Å². The summed E-state index contributed by atoms with van der Waals surface area (Å²) in [6.45, 7) is 3.77. The Bertz CT molecular complexity index is 634. The monoisotopic (exact) mass is 346 g/mol. The molecule has 0 aliphatic carbocycles. The van der Waals surface area contributed by atoms with Crippen LogP contribution in [0.1, 0.15) is 11.1 Å². The fraction of sp³-hybridized carbons (Fsp3) is 0.600. The molecule has 2 atom stereocenters. The van der Waals surface area contributed by atoms with Gasteiger partial charge in [-0.2, -0.15) is 0 Å². The molecule has 1 aromatic carbocycles. The van der Waals surface area contributed by atoms with Crippen LogP contribution < -0.4 is 0 Å². The van der Waals surface area contributed by atoms with Crippen molar-refractivity contribution in [2.24, 2.45) is 5.92 Å². The van der Waals surface area contributed by atoms with E-state index in [0.29, 0.717) is 24.7 Å². The van der Waals surface area contributed by atoms with Crippen LogP contribution in [0.4, 0.5) is 0 Å². The summed E-state index contributed by atoms with van der Waals surface area (Å²) in [5, 5.41) is 10.9. The van der Waals surface area contributed by atoms with Gasteiger partial charge >= 0.3 is 0 Å². The molecule has 1 N–H and O–H groups in total. The molecule has 1 heterocycles. The fourth-order valence-electron chi connectivity index (χ4n) is 2.73. The highest BCUT2D eigenvalue weighted by molar-refractivity contribution is 7.89. The Balaban J connectivity index is 2.02. The zero-order valence-electron chi connectivity index (χ0n) is 13.2. The van der Waals surface area contributed by atoms with Crippen LogP contribution in [0.3, 0.4) is 0 Å². The predicted molar refractivity (Wildman–Crippen MR) is 88.4 cm³/mol. The molecule has 2 rings (SSSR count). The van der Waals surface area contributed by atoms with Crippen molar-refractivity contribution in [2.45, 2.75) is 19.6 Å². The van der Waals surface area contributed by atoms with Crippen LogP contribution in [0.5, 0.6) is 0 Å². The van der Waals surface area contributed by atoms with E-state index in [1.165, 1.54) is 18.4 Å². The molecule has 22 heavy (non-hydrogen) atoms. The van der Waals surface area contributed by atoms with Crippen molar-refractivity contribution in [3.8, 4) is 0 Å². The van der Waals surface area contributed by atoms with E-state index < -0.39 is 16.1 Å². The van der Waals surface area contributed by atoms with Gasteiger partial charge in [0.05, 0.1) is 11.9 Å². The Morgan fingerprint density at radius 3 is 2.64 bits per heavy atom. The number of rotatable bonds is 5. The third-order valence-electron chi connectivity index (χ3n) is 4.16. The van der Waals surface area contributed by atoms with Gasteiger partial charge in [-0.1, -0.05) is 17.7 Å². The minimum absolute atomic E-state index is 0.0166. The molecule has 0 spiro atoms. The lowest BCUT2D eigenvalue weighted by Crippen LogP contribution is -2.33. The molecule has 0 unspecified atom stereocenters. The van der Waals surface area contributed by atoms with Crippen LogP contribution in [-0.4, -0.2) is 61.8 Å². The largest absolute Gasteiger partial charge is 0.391 e. The number of aryl methyl sites for hydroxylation is 1. The summed E-state index contributed by atoms with van der Waals surface area (Å²) >= 11 is 5.96. The standard InChI is InChI=1S/C15H23ClN2O3S/c1-11-6-14(16)5-4-12(11)7-18-8-13(15(19)9-18)10-22(20,21)17(2)3/h4-6,13,15,19H,7-10H2,1-3H3/t13-,15-/m0/s1. The van der Waals surface area contributed by atoms with Crippen LogP contribution >= 0.6 is 11.6 Å². The maximum Gasteiger partial charge on any atom is 0.214 e. The summed E-state index contributed by atoms with van der Waals surface area (Å²) in [6.07, 6.45) is -0.609. The van der Waals surface area contributed by atoms with Gasteiger partial charge in [-0.3, -0.25) is 4.90 Å². The van der Waals surface area contributed by atoms with E-state index in [-0.39, 0.29) is 11.7 Å². The quantitative estimate of drug-likeness (QED) is 0.873. The van der Waals surface area contributed by atoms with Gasteiger partial charge in [0, 0.05) is 44.7 Å². The normalized spacial score (nSPS) is 23.4. The van der Waals surface area contributed by atoms with Crippen molar-refractivity contribution in [3.63, 3.8) is 0 Å². The zero-order valence-corrected chi connectivity index (χ0v) is 14.7. The van der Waals surface area contributed by atoms with Gasteiger partial charge in [-0.15, -0.1) is 0 Å². The number of β-amino-alcohol motifs (C(OH)–C–C–N with tert-alkyl or cyclic N) is 1. The molecule has 1 saturated heterocycles. The second-order valence-electron chi connectivity index (χ2n) is 6.15. The first kappa shape index (κ1) is 17.7. The Hall–Kier alpha value is -0.660. The SMILES string of the molecule is Cc1cc(Cl)ccc1CN1C[C@@H](CS(=O)(=O)N(C)C)[C@@H](O)C1. The second kappa shape index (κ2) is 6.84. The molecule has 1 aliphatic heterocycles. The predicted octanol–water partition coefficient (Wildman–Crippen LogP) is 1.33. The topological polar surface area (TPSA) is 60.9 Å². The summed E-state index contributed by atoms with van der Waals surface area (Å²) in [6, 6.07) is 5.75. The number of nitrogens with zero attached hydrogens (tertiary/aromatic N) is 2. The highest BCUT2D eigenvalue weighted by Crippen LogP contribution is 2.23. The average Bonchev–Trinajstić information content (AvgIpc) is 2.72. The Morgan fingerprint density at radius 2 is 2.05 bits per heavy atom.